The Hall–Kier alpha value is -2.23. The summed E-state index contributed by atoms with van der Waals surface area (Å²) in [6, 6.07) is 4.48. The van der Waals surface area contributed by atoms with Gasteiger partial charge in [-0.25, -0.2) is 0 Å². The Kier molecular flexibility index (Phi) is 5.46. The first-order valence-corrected chi connectivity index (χ1v) is 11.3. The molecule has 1 aromatic carbocycles. The van der Waals surface area contributed by atoms with E-state index in [1.165, 1.54) is 24.8 Å². The molecule has 156 valence electrons. The second-order valence-electron chi connectivity index (χ2n) is 9.05. The summed E-state index contributed by atoms with van der Waals surface area (Å²) in [6.45, 7) is 11.6. The molecule has 0 bridgehead atoms. The van der Waals surface area contributed by atoms with Crippen LogP contribution >= 0.6 is 0 Å². The molecule has 29 heavy (non-hydrogen) atoms. The van der Waals surface area contributed by atoms with E-state index < -0.39 is 0 Å². The molecular formula is C25H34N2O2. The van der Waals surface area contributed by atoms with Crippen LogP contribution < -0.4 is 15.0 Å². The fourth-order valence-corrected chi connectivity index (χ4v) is 5.13. The summed E-state index contributed by atoms with van der Waals surface area (Å²) in [7, 11) is 0. The SMILES string of the molecule is C=C1C(C(=O)NC2(C)CCCCC2)=Cc2ccc(CC)c3c2N1C(CCC)CO3. The zero-order valence-electron chi connectivity index (χ0n) is 18.1. The quantitative estimate of drug-likeness (QED) is 0.730. The maximum Gasteiger partial charge on any atom is 0.253 e. The first-order valence-electron chi connectivity index (χ1n) is 11.3. The lowest BCUT2D eigenvalue weighted by atomic mass is 9.83. The normalized spacial score (nSPS) is 22.4. The molecular weight excluding hydrogens is 360 g/mol. The highest BCUT2D eigenvalue weighted by Crippen LogP contribution is 2.47. The van der Waals surface area contributed by atoms with Gasteiger partial charge in [0.15, 0.2) is 0 Å². The van der Waals surface area contributed by atoms with Crippen molar-refractivity contribution in [2.45, 2.75) is 83.7 Å². The van der Waals surface area contributed by atoms with E-state index in [9.17, 15) is 4.79 Å². The first kappa shape index (κ1) is 20.1. The molecule has 0 saturated heterocycles. The van der Waals surface area contributed by atoms with E-state index in [0.717, 1.165) is 54.8 Å². The van der Waals surface area contributed by atoms with E-state index in [2.05, 4.69) is 49.7 Å². The van der Waals surface area contributed by atoms with Crippen molar-refractivity contribution in [1.29, 1.82) is 0 Å². The van der Waals surface area contributed by atoms with E-state index >= 15 is 0 Å². The van der Waals surface area contributed by atoms with Crippen LogP contribution in [0.2, 0.25) is 0 Å². The number of amides is 1. The first-order chi connectivity index (χ1) is 14.0. The molecule has 1 aliphatic carbocycles. The van der Waals surface area contributed by atoms with Crippen LogP contribution in [-0.4, -0.2) is 24.1 Å². The highest BCUT2D eigenvalue weighted by atomic mass is 16.5. The van der Waals surface area contributed by atoms with E-state index in [-0.39, 0.29) is 17.5 Å². The van der Waals surface area contributed by atoms with Gasteiger partial charge in [-0.05, 0) is 44.2 Å². The molecule has 0 radical (unpaired) electrons. The van der Waals surface area contributed by atoms with Gasteiger partial charge < -0.3 is 15.0 Å². The second kappa shape index (κ2) is 7.89. The molecule has 2 heterocycles. The topological polar surface area (TPSA) is 41.6 Å². The lowest BCUT2D eigenvalue weighted by Gasteiger charge is -2.44. The summed E-state index contributed by atoms with van der Waals surface area (Å²) in [4.78, 5) is 15.6. The van der Waals surface area contributed by atoms with Crippen molar-refractivity contribution in [2.24, 2.45) is 0 Å². The number of benzene rings is 1. The number of carbonyl (C=O) groups is 1. The molecule has 4 heteroatoms. The van der Waals surface area contributed by atoms with E-state index in [0.29, 0.717) is 12.2 Å². The van der Waals surface area contributed by atoms with Gasteiger partial charge in [0, 0.05) is 16.8 Å². The highest BCUT2D eigenvalue weighted by Gasteiger charge is 2.38. The fraction of sp³-hybridized carbons (Fsp3) is 0.560. The Morgan fingerprint density at radius 2 is 2.03 bits per heavy atom. The Morgan fingerprint density at radius 3 is 2.72 bits per heavy atom. The summed E-state index contributed by atoms with van der Waals surface area (Å²) in [5, 5.41) is 3.35. The van der Waals surface area contributed by atoms with Crippen LogP contribution in [0.5, 0.6) is 5.75 Å². The van der Waals surface area contributed by atoms with Gasteiger partial charge in [-0.1, -0.05) is 58.2 Å². The number of anilines is 1. The summed E-state index contributed by atoms with van der Waals surface area (Å²) >= 11 is 0. The van der Waals surface area contributed by atoms with Crippen molar-refractivity contribution < 1.29 is 9.53 Å². The van der Waals surface area contributed by atoms with Crippen LogP contribution in [0, 0.1) is 0 Å². The van der Waals surface area contributed by atoms with Gasteiger partial charge in [0.05, 0.1) is 17.3 Å². The number of rotatable bonds is 5. The van der Waals surface area contributed by atoms with Crippen molar-refractivity contribution in [3.8, 4) is 5.75 Å². The Balaban J connectivity index is 1.72. The van der Waals surface area contributed by atoms with Crippen molar-refractivity contribution in [2.75, 3.05) is 11.5 Å². The molecule has 1 fully saturated rings. The highest BCUT2D eigenvalue weighted by molar-refractivity contribution is 6.06. The molecule has 0 aromatic heterocycles. The van der Waals surface area contributed by atoms with Gasteiger partial charge in [0.2, 0.25) is 0 Å². The number of carbonyl (C=O) groups excluding carboxylic acids is 1. The number of hydrogen-bond acceptors (Lipinski definition) is 3. The number of ether oxygens (including phenoxy) is 1. The molecule has 4 rings (SSSR count). The van der Waals surface area contributed by atoms with Gasteiger partial charge in [-0.15, -0.1) is 0 Å². The minimum absolute atomic E-state index is 0.00732. The van der Waals surface area contributed by atoms with Crippen LogP contribution in [0.1, 0.15) is 76.8 Å². The molecule has 3 aliphatic rings. The number of aryl methyl sites for hydroxylation is 1. The lowest BCUT2D eigenvalue weighted by molar-refractivity contribution is -0.119. The van der Waals surface area contributed by atoms with Gasteiger partial charge in [0.1, 0.15) is 12.4 Å². The number of hydrogen-bond donors (Lipinski definition) is 1. The zero-order valence-corrected chi connectivity index (χ0v) is 18.1. The minimum atomic E-state index is -0.109. The van der Waals surface area contributed by atoms with Crippen molar-refractivity contribution >= 4 is 17.7 Å². The third kappa shape index (κ3) is 3.58. The predicted octanol–water partition coefficient (Wildman–Crippen LogP) is 5.37. The minimum Gasteiger partial charge on any atom is -0.489 e. The maximum absolute atomic E-state index is 13.3. The third-order valence-electron chi connectivity index (χ3n) is 6.79. The molecule has 1 atom stereocenters. The lowest BCUT2D eigenvalue weighted by Crippen LogP contribution is -2.50. The van der Waals surface area contributed by atoms with Crippen molar-refractivity contribution in [3.63, 3.8) is 0 Å². The Morgan fingerprint density at radius 1 is 1.28 bits per heavy atom. The summed E-state index contributed by atoms with van der Waals surface area (Å²) in [5.41, 5.74) is 4.77. The maximum atomic E-state index is 13.3. The molecule has 4 nitrogen and oxygen atoms in total. The third-order valence-corrected chi connectivity index (χ3v) is 6.79. The predicted molar refractivity (Wildman–Crippen MR) is 119 cm³/mol. The van der Waals surface area contributed by atoms with Gasteiger partial charge in [-0.3, -0.25) is 4.79 Å². The smallest absolute Gasteiger partial charge is 0.253 e. The number of nitrogens with zero attached hydrogens (tertiary/aromatic N) is 1. The summed E-state index contributed by atoms with van der Waals surface area (Å²) in [6.07, 6.45) is 10.8. The van der Waals surface area contributed by atoms with Crippen LogP contribution in [0.4, 0.5) is 5.69 Å². The molecule has 1 saturated carbocycles. The number of nitrogens with one attached hydrogen (secondary N) is 1. The monoisotopic (exact) mass is 394 g/mol. The van der Waals surface area contributed by atoms with Gasteiger partial charge in [-0.2, -0.15) is 0 Å². The molecule has 1 aromatic rings. The van der Waals surface area contributed by atoms with Crippen LogP contribution in [0.15, 0.2) is 30.0 Å². The van der Waals surface area contributed by atoms with Crippen LogP contribution in [-0.2, 0) is 11.2 Å². The molecule has 1 unspecified atom stereocenters. The molecule has 2 aliphatic heterocycles. The summed E-state index contributed by atoms with van der Waals surface area (Å²) < 4.78 is 6.23. The van der Waals surface area contributed by atoms with Crippen LogP contribution in [0.25, 0.3) is 6.08 Å². The Bertz CT molecular complexity index is 849. The van der Waals surface area contributed by atoms with Gasteiger partial charge >= 0.3 is 0 Å². The standard InChI is InChI=1S/C25H34N2O2/c1-5-10-20-16-29-23-18(6-2)11-12-19-15-21(17(3)27(20)22(19)23)24(28)26-25(4)13-8-7-9-14-25/h11-12,15,20H,3,5-10,13-14,16H2,1-2,4H3,(H,26,28). The molecule has 1 N–H and O–H groups in total. The van der Waals surface area contributed by atoms with Crippen LogP contribution in [0.3, 0.4) is 0 Å². The fourth-order valence-electron chi connectivity index (χ4n) is 5.13. The average Bonchev–Trinajstić information content (AvgIpc) is 2.71. The zero-order chi connectivity index (χ0) is 20.6. The van der Waals surface area contributed by atoms with Crippen molar-refractivity contribution in [3.05, 3.63) is 41.1 Å². The van der Waals surface area contributed by atoms with Gasteiger partial charge in [0.25, 0.3) is 5.91 Å². The largest absolute Gasteiger partial charge is 0.489 e. The van der Waals surface area contributed by atoms with E-state index in [1.807, 2.05) is 6.08 Å². The Labute approximate surface area is 175 Å². The van der Waals surface area contributed by atoms with E-state index in [4.69, 9.17) is 4.74 Å². The van der Waals surface area contributed by atoms with E-state index in [1.54, 1.807) is 0 Å². The van der Waals surface area contributed by atoms with Crippen molar-refractivity contribution in [1.82, 2.24) is 5.32 Å². The molecule has 0 spiro atoms. The second-order valence-corrected chi connectivity index (χ2v) is 9.05. The summed E-state index contributed by atoms with van der Waals surface area (Å²) in [5.74, 6) is 0.973. The molecule has 1 amide bonds. The average molecular weight is 395 g/mol.